The van der Waals surface area contributed by atoms with Gasteiger partial charge < -0.3 is 17.2 Å². The summed E-state index contributed by atoms with van der Waals surface area (Å²) in [5, 5.41) is 0.150. The van der Waals surface area contributed by atoms with E-state index in [0.29, 0.717) is 5.65 Å². The summed E-state index contributed by atoms with van der Waals surface area (Å²) in [5.41, 5.74) is -0.0776. The predicted molar refractivity (Wildman–Crippen MR) is 81.0 cm³/mol. The summed E-state index contributed by atoms with van der Waals surface area (Å²) in [6.07, 6.45) is 2.83. The number of nitrogens with zero attached hydrogens (tertiary/aromatic N) is 2. The van der Waals surface area contributed by atoms with E-state index >= 15 is 0 Å². The van der Waals surface area contributed by atoms with Crippen LogP contribution in [0.15, 0.2) is 24.5 Å². The van der Waals surface area contributed by atoms with Crippen molar-refractivity contribution in [3.05, 3.63) is 24.5 Å². The van der Waals surface area contributed by atoms with Crippen LogP contribution in [-0.2, 0) is 0 Å². The molecule has 8 heteroatoms. The molecule has 0 bridgehead atoms. The third-order valence-electron chi connectivity index (χ3n) is 4.38. The minimum atomic E-state index is -5.03. The summed E-state index contributed by atoms with van der Waals surface area (Å²) >= 11 is 0. The molecule has 0 N–H and O–H groups in total. The standard InChI is InChI=1S/C13H19BF3N2Si.K/c1-13(2,3)20(4,5)19-9-11(14(15,16)17)10-7-6-8-18-12(10)19;/h6-9H,1-5H3;/q-1;+1. The van der Waals surface area contributed by atoms with Gasteiger partial charge in [-0.25, -0.2) is 4.98 Å². The molecule has 0 aromatic carbocycles. The van der Waals surface area contributed by atoms with Gasteiger partial charge in [0.1, 0.15) is 5.65 Å². The maximum Gasteiger partial charge on any atom is 1.00 e. The Balaban J connectivity index is 0.00000220. The van der Waals surface area contributed by atoms with Crippen LogP contribution in [0.5, 0.6) is 0 Å². The van der Waals surface area contributed by atoms with Crippen molar-refractivity contribution in [3.8, 4) is 0 Å². The smallest absolute Gasteiger partial charge is 0.445 e. The van der Waals surface area contributed by atoms with Crippen LogP contribution in [0.4, 0.5) is 12.9 Å². The van der Waals surface area contributed by atoms with E-state index in [9.17, 15) is 12.9 Å². The van der Waals surface area contributed by atoms with Crippen LogP contribution in [0.2, 0.25) is 18.1 Å². The number of hydrogen-bond donors (Lipinski definition) is 0. The molecule has 110 valence electrons. The molecule has 21 heavy (non-hydrogen) atoms. The minimum absolute atomic E-state index is 0. The Hall–Kier alpha value is 0.398. The fraction of sp³-hybridized carbons (Fsp3) is 0.462. The molecule has 0 spiro atoms. The molecule has 2 heterocycles. The van der Waals surface area contributed by atoms with Crippen LogP contribution in [0.3, 0.4) is 0 Å². The summed E-state index contributed by atoms with van der Waals surface area (Å²) in [6.45, 7) is 5.35. The predicted octanol–water partition coefficient (Wildman–Crippen LogP) is 0.948. The van der Waals surface area contributed by atoms with Crippen LogP contribution < -0.4 is 56.8 Å². The van der Waals surface area contributed by atoms with Crippen LogP contribution in [0, 0.1) is 0 Å². The molecular weight excluding hydrogens is 319 g/mol. The summed E-state index contributed by atoms with van der Waals surface area (Å²) in [5.74, 6) is 0. The van der Waals surface area contributed by atoms with E-state index in [2.05, 4.69) is 38.8 Å². The number of fused-ring (bicyclic) bond motifs is 1. The Kier molecular flexibility index (Phi) is 5.67. The van der Waals surface area contributed by atoms with E-state index < -0.39 is 20.7 Å². The fourth-order valence-corrected chi connectivity index (χ4v) is 4.02. The van der Waals surface area contributed by atoms with E-state index in [1.165, 1.54) is 12.3 Å². The maximum atomic E-state index is 13.3. The Bertz CT molecular complexity index is 647. The zero-order chi connectivity index (χ0) is 15.3. The molecule has 2 rings (SSSR count). The molecule has 0 amide bonds. The molecule has 2 aromatic rings. The second-order valence-electron chi connectivity index (χ2n) is 6.71. The first-order chi connectivity index (χ1) is 8.96. The Morgan fingerprint density at radius 1 is 1.19 bits per heavy atom. The molecule has 0 fully saturated rings. The first-order valence-corrected chi connectivity index (χ1v) is 9.57. The van der Waals surface area contributed by atoms with Gasteiger partial charge in [-0.15, -0.1) is 0 Å². The van der Waals surface area contributed by atoms with Crippen molar-refractivity contribution in [2.45, 2.75) is 38.9 Å². The monoisotopic (exact) mass is 338 g/mol. The van der Waals surface area contributed by atoms with E-state index in [1.54, 1.807) is 16.5 Å². The number of halogens is 3. The van der Waals surface area contributed by atoms with E-state index in [4.69, 9.17) is 0 Å². The van der Waals surface area contributed by atoms with Gasteiger partial charge in [0, 0.05) is 6.20 Å². The fourth-order valence-electron chi connectivity index (χ4n) is 2.13. The third-order valence-corrected chi connectivity index (χ3v) is 9.60. The largest absolute Gasteiger partial charge is 1.00 e. The second kappa shape index (κ2) is 6.13. The van der Waals surface area contributed by atoms with Gasteiger partial charge in [-0.05, 0) is 22.7 Å². The zero-order valence-electron chi connectivity index (χ0n) is 13.4. The molecule has 0 aliphatic rings. The molecule has 0 atom stereocenters. The van der Waals surface area contributed by atoms with Crippen molar-refractivity contribution in [1.82, 2.24) is 9.22 Å². The van der Waals surface area contributed by atoms with Crippen molar-refractivity contribution in [2.75, 3.05) is 0 Å². The van der Waals surface area contributed by atoms with Crippen LogP contribution >= 0.6 is 0 Å². The van der Waals surface area contributed by atoms with Crippen molar-refractivity contribution in [3.63, 3.8) is 0 Å². The number of pyridine rings is 1. The van der Waals surface area contributed by atoms with E-state index in [-0.39, 0.29) is 61.8 Å². The maximum absolute atomic E-state index is 13.3. The number of rotatable bonds is 2. The minimum Gasteiger partial charge on any atom is -0.445 e. The molecule has 2 aromatic heterocycles. The van der Waals surface area contributed by atoms with Crippen molar-refractivity contribution in [2.24, 2.45) is 0 Å². The Morgan fingerprint density at radius 3 is 2.24 bits per heavy atom. The van der Waals surface area contributed by atoms with Gasteiger partial charge in [0.25, 0.3) is 0 Å². The van der Waals surface area contributed by atoms with Gasteiger partial charge in [-0.1, -0.05) is 45.4 Å². The second-order valence-corrected chi connectivity index (χ2v) is 11.8. The Labute approximate surface area is 167 Å². The molecule has 0 saturated heterocycles. The van der Waals surface area contributed by atoms with Crippen LogP contribution in [-0.4, -0.2) is 24.4 Å². The van der Waals surface area contributed by atoms with Gasteiger partial charge >= 0.3 is 58.4 Å². The normalized spacial score (nSPS) is 13.3. The summed E-state index contributed by atoms with van der Waals surface area (Å²) < 4.78 is 41.6. The topological polar surface area (TPSA) is 17.8 Å². The van der Waals surface area contributed by atoms with Crippen molar-refractivity contribution < 1.29 is 64.3 Å². The number of hydrogen-bond acceptors (Lipinski definition) is 1. The number of aromatic nitrogens is 2. The van der Waals surface area contributed by atoms with Crippen LogP contribution in [0.25, 0.3) is 11.0 Å². The first kappa shape index (κ1) is 19.4. The van der Waals surface area contributed by atoms with Gasteiger partial charge in [0.15, 0.2) is 8.24 Å². The van der Waals surface area contributed by atoms with Gasteiger partial charge in [-0.2, -0.15) is 0 Å². The summed E-state index contributed by atoms with van der Waals surface area (Å²) in [4.78, 5) is 4.20. The van der Waals surface area contributed by atoms with Crippen molar-refractivity contribution in [1.29, 1.82) is 0 Å². The molecule has 2 nitrogen and oxygen atoms in total. The SMILES string of the molecule is CC(C)(C)[Si](C)(C)n1cc([B-](F)(F)F)c2cccnc21.[K+]. The van der Waals surface area contributed by atoms with Gasteiger partial charge in [-0.3, -0.25) is 0 Å². The van der Waals surface area contributed by atoms with Gasteiger partial charge in [0.05, 0.1) is 0 Å². The molecule has 0 unspecified atom stereocenters. The van der Waals surface area contributed by atoms with E-state index in [0.717, 1.165) is 0 Å². The molecule has 0 aliphatic carbocycles. The Morgan fingerprint density at radius 2 is 1.76 bits per heavy atom. The molecule has 0 saturated carbocycles. The summed E-state index contributed by atoms with van der Waals surface area (Å²) in [7, 11) is -2.14. The average molecular weight is 338 g/mol. The summed E-state index contributed by atoms with van der Waals surface area (Å²) in [6, 6.07) is 3.07. The van der Waals surface area contributed by atoms with Crippen molar-refractivity contribution >= 4 is 31.7 Å². The van der Waals surface area contributed by atoms with Crippen LogP contribution in [0.1, 0.15) is 20.8 Å². The zero-order valence-corrected chi connectivity index (χ0v) is 17.5. The molecule has 0 aliphatic heterocycles. The molecular formula is C13H19BF3KN2Si. The van der Waals surface area contributed by atoms with Gasteiger partial charge in [0.2, 0.25) is 0 Å². The average Bonchev–Trinajstić information content (AvgIpc) is 2.66. The molecule has 0 radical (unpaired) electrons. The first-order valence-electron chi connectivity index (χ1n) is 6.62. The third kappa shape index (κ3) is 3.50. The quantitative estimate of drug-likeness (QED) is 0.746. The van der Waals surface area contributed by atoms with E-state index in [1.807, 2.05) is 0 Å².